The molecule has 0 saturated carbocycles. The third-order valence-electron chi connectivity index (χ3n) is 4.73. The van der Waals surface area contributed by atoms with Crippen LogP contribution in [0, 0.1) is 0 Å². The molecular weight excluding hydrogens is 422 g/mol. The third kappa shape index (κ3) is 6.34. The number of methoxy groups -OCH3 is 1. The number of aliphatic hydroxyl groups excluding tert-OH is 1. The molecule has 9 nitrogen and oxygen atoms in total. The van der Waals surface area contributed by atoms with Crippen LogP contribution in [0.2, 0.25) is 0 Å². The van der Waals surface area contributed by atoms with Crippen molar-refractivity contribution in [3.8, 4) is 5.75 Å². The first kappa shape index (κ1) is 22.9. The van der Waals surface area contributed by atoms with E-state index < -0.39 is 34.9 Å². The molecule has 3 N–H and O–H groups in total. The number of carbonyl (C=O) groups is 1. The number of hydrogen-bond donors (Lipinski definition) is 3. The van der Waals surface area contributed by atoms with Crippen LogP contribution in [0.3, 0.4) is 0 Å². The molecule has 0 saturated heterocycles. The van der Waals surface area contributed by atoms with E-state index in [1.54, 1.807) is 48.8 Å². The lowest BCUT2D eigenvalue weighted by Gasteiger charge is -2.31. The van der Waals surface area contributed by atoms with Crippen molar-refractivity contribution in [3.63, 3.8) is 0 Å². The fraction of sp³-hybridized carbons (Fsp3) is 0.333. The average Bonchev–Trinajstić information content (AvgIpc) is 2.79. The first-order chi connectivity index (χ1) is 14.9. The molecule has 0 radical (unpaired) electrons. The van der Waals surface area contributed by atoms with E-state index in [9.17, 15) is 18.3 Å². The number of aliphatic hydroxyl groups is 1. The SMILES string of the molecule is COc1cccc(S(=O)(=O)N[C@H]2C=C[C@@H](CC(=O)NCc3ccncc3)O[C@H]2CO)c1. The van der Waals surface area contributed by atoms with E-state index in [0.717, 1.165) is 5.56 Å². The predicted octanol–water partition coefficient (Wildman–Crippen LogP) is 0.759. The zero-order chi connectivity index (χ0) is 22.3. The van der Waals surface area contributed by atoms with Gasteiger partial charge in [-0.2, -0.15) is 0 Å². The summed E-state index contributed by atoms with van der Waals surface area (Å²) >= 11 is 0. The third-order valence-corrected chi connectivity index (χ3v) is 6.19. The average molecular weight is 448 g/mol. The molecule has 1 amide bonds. The smallest absolute Gasteiger partial charge is 0.241 e. The largest absolute Gasteiger partial charge is 0.497 e. The van der Waals surface area contributed by atoms with Gasteiger partial charge in [0.25, 0.3) is 0 Å². The maximum absolute atomic E-state index is 12.7. The van der Waals surface area contributed by atoms with Crippen LogP contribution in [0.4, 0.5) is 0 Å². The molecule has 3 atom stereocenters. The number of ether oxygens (including phenoxy) is 2. The number of nitrogens with one attached hydrogen (secondary N) is 2. The number of amides is 1. The van der Waals surface area contributed by atoms with Gasteiger partial charge >= 0.3 is 0 Å². The van der Waals surface area contributed by atoms with Crippen molar-refractivity contribution in [1.82, 2.24) is 15.0 Å². The van der Waals surface area contributed by atoms with E-state index in [0.29, 0.717) is 12.3 Å². The van der Waals surface area contributed by atoms with Crippen LogP contribution in [0.1, 0.15) is 12.0 Å². The van der Waals surface area contributed by atoms with Gasteiger partial charge in [-0.15, -0.1) is 0 Å². The summed E-state index contributed by atoms with van der Waals surface area (Å²) in [6.45, 7) is -0.0467. The number of nitrogens with zero attached hydrogens (tertiary/aromatic N) is 1. The van der Waals surface area contributed by atoms with Gasteiger partial charge in [0.05, 0.1) is 37.2 Å². The summed E-state index contributed by atoms with van der Waals surface area (Å²) in [4.78, 5) is 16.2. The highest BCUT2D eigenvalue weighted by Crippen LogP contribution is 2.20. The molecule has 166 valence electrons. The van der Waals surface area contributed by atoms with Crippen LogP contribution < -0.4 is 14.8 Å². The van der Waals surface area contributed by atoms with E-state index in [-0.39, 0.29) is 17.2 Å². The first-order valence-corrected chi connectivity index (χ1v) is 11.2. The van der Waals surface area contributed by atoms with Crippen LogP contribution in [0.5, 0.6) is 5.75 Å². The Morgan fingerprint density at radius 3 is 2.71 bits per heavy atom. The van der Waals surface area contributed by atoms with Gasteiger partial charge in [-0.3, -0.25) is 9.78 Å². The Labute approximate surface area is 181 Å². The summed E-state index contributed by atoms with van der Waals surface area (Å²) in [6.07, 6.45) is 5.16. The Kier molecular flexibility index (Phi) is 7.75. The number of benzene rings is 1. The zero-order valence-electron chi connectivity index (χ0n) is 17.0. The van der Waals surface area contributed by atoms with Crippen molar-refractivity contribution in [3.05, 3.63) is 66.5 Å². The van der Waals surface area contributed by atoms with Crippen molar-refractivity contribution >= 4 is 15.9 Å². The summed E-state index contributed by atoms with van der Waals surface area (Å²) in [5, 5.41) is 12.5. The molecule has 0 unspecified atom stereocenters. The highest BCUT2D eigenvalue weighted by Gasteiger charge is 2.31. The van der Waals surface area contributed by atoms with Crippen LogP contribution in [-0.4, -0.2) is 56.4 Å². The number of hydrogen-bond acceptors (Lipinski definition) is 7. The van der Waals surface area contributed by atoms with Crippen molar-refractivity contribution in [1.29, 1.82) is 0 Å². The van der Waals surface area contributed by atoms with Crippen molar-refractivity contribution < 1.29 is 27.8 Å². The highest BCUT2D eigenvalue weighted by molar-refractivity contribution is 7.89. The minimum Gasteiger partial charge on any atom is -0.497 e. The van der Waals surface area contributed by atoms with Gasteiger partial charge in [0.1, 0.15) is 11.9 Å². The molecule has 31 heavy (non-hydrogen) atoms. The Morgan fingerprint density at radius 1 is 1.23 bits per heavy atom. The molecule has 1 aromatic carbocycles. The van der Waals surface area contributed by atoms with E-state index >= 15 is 0 Å². The summed E-state index contributed by atoms with van der Waals surface area (Å²) in [6, 6.07) is 8.89. The molecule has 3 rings (SSSR count). The number of pyridine rings is 1. The maximum Gasteiger partial charge on any atom is 0.241 e. The fourth-order valence-electron chi connectivity index (χ4n) is 3.08. The molecule has 1 aromatic heterocycles. The molecular formula is C21H25N3O6S. The van der Waals surface area contributed by atoms with E-state index in [4.69, 9.17) is 9.47 Å². The quantitative estimate of drug-likeness (QED) is 0.484. The second-order valence-electron chi connectivity index (χ2n) is 6.94. The number of carbonyl (C=O) groups excluding carboxylic acids is 1. The summed E-state index contributed by atoms with van der Waals surface area (Å²) in [5.74, 6) is 0.188. The van der Waals surface area contributed by atoms with Gasteiger partial charge in [0, 0.05) is 25.0 Å². The molecule has 1 aliphatic rings. The summed E-state index contributed by atoms with van der Waals surface area (Å²) in [7, 11) is -2.42. The second kappa shape index (κ2) is 10.5. The minimum absolute atomic E-state index is 0.0366. The normalized spacial score (nSPS) is 20.9. The molecule has 1 aliphatic heterocycles. The van der Waals surface area contributed by atoms with Crippen LogP contribution in [0.25, 0.3) is 0 Å². The standard InChI is InChI=1S/C21H25N3O6S/c1-29-16-3-2-4-18(11-16)31(27,28)24-19-6-5-17(30-20(19)14-25)12-21(26)23-13-15-7-9-22-10-8-15/h2-11,17,19-20,24-25H,12-14H2,1H3,(H,23,26)/t17-,19-,20-/m0/s1. The molecule has 2 heterocycles. The Bertz CT molecular complexity index is 1010. The number of aromatic nitrogens is 1. The second-order valence-corrected chi connectivity index (χ2v) is 8.66. The van der Waals surface area contributed by atoms with Gasteiger partial charge < -0.3 is 19.9 Å². The maximum atomic E-state index is 12.7. The first-order valence-electron chi connectivity index (χ1n) is 9.68. The van der Waals surface area contributed by atoms with E-state index in [2.05, 4.69) is 15.0 Å². The Morgan fingerprint density at radius 2 is 2.00 bits per heavy atom. The fourth-order valence-corrected chi connectivity index (χ4v) is 4.34. The van der Waals surface area contributed by atoms with Gasteiger partial charge in [-0.25, -0.2) is 13.1 Å². The van der Waals surface area contributed by atoms with Crippen molar-refractivity contribution in [2.45, 2.75) is 36.1 Å². The summed E-state index contributed by atoms with van der Waals surface area (Å²) < 4.78 is 38.7. The van der Waals surface area contributed by atoms with Crippen LogP contribution in [0.15, 0.2) is 65.8 Å². The molecule has 0 bridgehead atoms. The lowest BCUT2D eigenvalue weighted by molar-refractivity contribution is -0.125. The Hall–Kier alpha value is -2.79. The minimum atomic E-state index is -3.87. The molecule has 0 fully saturated rings. The Balaban J connectivity index is 1.60. The zero-order valence-corrected chi connectivity index (χ0v) is 17.8. The number of sulfonamides is 1. The predicted molar refractivity (Wildman–Crippen MR) is 113 cm³/mol. The van der Waals surface area contributed by atoms with E-state index in [1.165, 1.54) is 19.2 Å². The van der Waals surface area contributed by atoms with Crippen molar-refractivity contribution in [2.24, 2.45) is 0 Å². The monoisotopic (exact) mass is 447 g/mol. The van der Waals surface area contributed by atoms with Crippen molar-refractivity contribution in [2.75, 3.05) is 13.7 Å². The van der Waals surface area contributed by atoms with Gasteiger partial charge in [-0.1, -0.05) is 18.2 Å². The van der Waals surface area contributed by atoms with Crippen LogP contribution in [-0.2, 0) is 26.1 Å². The van der Waals surface area contributed by atoms with Gasteiger partial charge in [-0.05, 0) is 29.8 Å². The molecule has 2 aromatic rings. The van der Waals surface area contributed by atoms with Crippen LogP contribution >= 0.6 is 0 Å². The highest BCUT2D eigenvalue weighted by atomic mass is 32.2. The lowest BCUT2D eigenvalue weighted by Crippen LogP contribution is -2.49. The number of rotatable bonds is 9. The molecule has 0 spiro atoms. The van der Waals surface area contributed by atoms with Gasteiger partial charge in [0.15, 0.2) is 0 Å². The lowest BCUT2D eigenvalue weighted by atomic mass is 10.1. The molecule has 0 aliphatic carbocycles. The van der Waals surface area contributed by atoms with E-state index in [1.807, 2.05) is 0 Å². The summed E-state index contributed by atoms with van der Waals surface area (Å²) in [5.41, 5.74) is 0.920. The molecule has 10 heteroatoms. The van der Waals surface area contributed by atoms with Gasteiger partial charge in [0.2, 0.25) is 15.9 Å². The topological polar surface area (TPSA) is 127 Å².